The van der Waals surface area contributed by atoms with Gasteiger partial charge in [-0.25, -0.2) is 4.98 Å². The third kappa shape index (κ3) is 2.11. The van der Waals surface area contributed by atoms with E-state index < -0.39 is 0 Å². The van der Waals surface area contributed by atoms with Gasteiger partial charge in [-0.3, -0.25) is 4.79 Å². The molecule has 0 aliphatic heterocycles. The number of nitrogens with zero attached hydrogens (tertiary/aromatic N) is 1. The fourth-order valence-corrected chi connectivity index (χ4v) is 2.51. The number of thiophene rings is 1. The average Bonchev–Trinajstić information content (AvgIpc) is 2.27. The number of hydrogen-bond acceptors (Lipinski definition) is 4. The number of aromatic amines is 1. The number of hydrogen-bond donors (Lipinski definition) is 1. The number of nitrogens with one attached hydrogen (secondary N) is 1. The second kappa shape index (κ2) is 4.69. The van der Waals surface area contributed by atoms with Gasteiger partial charge in [-0.15, -0.1) is 11.3 Å². The molecule has 0 aliphatic carbocycles. The first-order valence-corrected chi connectivity index (χ1v) is 4.99. The molecule has 2 heterocycles. The second-order valence-corrected chi connectivity index (χ2v) is 4.42. The Hall–Kier alpha value is 0.696. The van der Waals surface area contributed by atoms with Crippen LogP contribution < -0.4 is 5.56 Å². The van der Waals surface area contributed by atoms with E-state index in [-0.39, 0.29) is 62.1 Å². The molecule has 6 heteroatoms. The molecule has 2 aromatic heterocycles. The van der Waals surface area contributed by atoms with Crippen molar-refractivity contribution in [3.05, 3.63) is 20.8 Å². The van der Waals surface area contributed by atoms with Crippen LogP contribution in [0.3, 0.4) is 0 Å². The standard InChI is InChI=1S/C8H8N2OS2.K/c1-3-4(2)13-7-5(3)6(11)9-8(12)10-7;/h1-2H3,(H2,9,10,11,12);/p-1. The molecule has 3 nitrogen and oxygen atoms in total. The topological polar surface area (TPSA) is 45.8 Å². The Kier molecular flexibility index (Phi) is 4.28. The van der Waals surface area contributed by atoms with E-state index in [0.29, 0.717) is 5.39 Å². The van der Waals surface area contributed by atoms with Gasteiger partial charge in [0.25, 0.3) is 5.56 Å². The molecule has 0 atom stereocenters. The molecule has 14 heavy (non-hydrogen) atoms. The molecule has 2 rings (SSSR count). The zero-order valence-electron chi connectivity index (χ0n) is 8.17. The van der Waals surface area contributed by atoms with Gasteiger partial charge in [0, 0.05) is 56.3 Å². The number of aryl methyl sites for hydroxylation is 2. The molecule has 0 fully saturated rings. The van der Waals surface area contributed by atoms with Crippen molar-refractivity contribution in [2.24, 2.45) is 0 Å². The fraction of sp³-hybridized carbons (Fsp3) is 0.250. The SMILES string of the molecule is Cc1sc2nc([S-])[nH]c(=O)c2c1C.[K]. The quantitative estimate of drug-likeness (QED) is 0.433. The largest absolute Gasteiger partial charge is 0.742 e. The summed E-state index contributed by atoms with van der Waals surface area (Å²) in [5, 5.41) is 0.940. The van der Waals surface area contributed by atoms with E-state index in [1.54, 1.807) is 0 Å². The molecule has 69 valence electrons. The van der Waals surface area contributed by atoms with Crippen LogP contribution >= 0.6 is 11.3 Å². The van der Waals surface area contributed by atoms with Crippen molar-refractivity contribution in [1.29, 1.82) is 0 Å². The number of fused-ring (bicyclic) bond motifs is 1. The zero-order chi connectivity index (χ0) is 9.59. The minimum Gasteiger partial charge on any atom is -0.742 e. The van der Waals surface area contributed by atoms with E-state index in [9.17, 15) is 4.79 Å². The molecule has 0 saturated heterocycles. The smallest absolute Gasteiger partial charge is 0.258 e. The fourth-order valence-electron chi connectivity index (χ4n) is 1.23. The summed E-state index contributed by atoms with van der Waals surface area (Å²) >= 11 is 6.33. The minimum absolute atomic E-state index is 0. The zero-order valence-corrected chi connectivity index (χ0v) is 12.9. The minimum atomic E-state index is -0.128. The van der Waals surface area contributed by atoms with Crippen LogP contribution in [0.2, 0.25) is 0 Å². The molecule has 0 bridgehead atoms. The van der Waals surface area contributed by atoms with Crippen LogP contribution in [0.5, 0.6) is 0 Å². The van der Waals surface area contributed by atoms with E-state index in [1.165, 1.54) is 11.3 Å². The first-order valence-electron chi connectivity index (χ1n) is 3.76. The van der Waals surface area contributed by atoms with Crippen LogP contribution in [0.4, 0.5) is 0 Å². The Labute approximate surface area is 133 Å². The van der Waals surface area contributed by atoms with Crippen LogP contribution in [0, 0.1) is 13.8 Å². The summed E-state index contributed by atoms with van der Waals surface area (Å²) in [5.41, 5.74) is 0.876. The predicted octanol–water partition coefficient (Wildman–Crippen LogP) is 1.13. The van der Waals surface area contributed by atoms with Crippen LogP contribution in [-0.2, 0) is 12.6 Å². The molecule has 1 N–H and O–H groups in total. The molecular formula is C8H7KN2OS2-. The molecule has 1 radical (unpaired) electrons. The van der Waals surface area contributed by atoms with Crippen molar-refractivity contribution < 1.29 is 0 Å². The van der Waals surface area contributed by atoms with E-state index >= 15 is 0 Å². The van der Waals surface area contributed by atoms with E-state index in [1.807, 2.05) is 13.8 Å². The van der Waals surface area contributed by atoms with Gasteiger partial charge in [0.15, 0.2) is 0 Å². The molecule has 0 amide bonds. The predicted molar refractivity (Wildman–Crippen MR) is 61.1 cm³/mol. The molecule has 0 unspecified atom stereocenters. The maximum absolute atomic E-state index is 11.5. The van der Waals surface area contributed by atoms with Gasteiger partial charge in [-0.2, -0.15) is 0 Å². The Bertz CT molecular complexity index is 532. The Balaban J connectivity index is 0.000000980. The maximum atomic E-state index is 11.5. The number of aromatic nitrogens is 2. The van der Waals surface area contributed by atoms with Crippen molar-refractivity contribution in [3.63, 3.8) is 0 Å². The van der Waals surface area contributed by atoms with Gasteiger partial charge < -0.3 is 17.6 Å². The summed E-state index contributed by atoms with van der Waals surface area (Å²) in [4.78, 5) is 20.0. The van der Waals surface area contributed by atoms with E-state index in [0.717, 1.165) is 15.3 Å². The average molecular weight is 250 g/mol. The van der Waals surface area contributed by atoms with Crippen molar-refractivity contribution in [1.82, 2.24) is 9.97 Å². The van der Waals surface area contributed by atoms with Crippen LogP contribution in [-0.4, -0.2) is 61.4 Å². The maximum Gasteiger partial charge on any atom is 0.258 e. The van der Waals surface area contributed by atoms with Crippen molar-refractivity contribution >= 4 is 85.6 Å². The molecule has 0 aliphatic rings. The Morgan fingerprint density at radius 1 is 1.43 bits per heavy atom. The Morgan fingerprint density at radius 3 is 2.71 bits per heavy atom. The van der Waals surface area contributed by atoms with Gasteiger partial charge in [-0.05, 0) is 24.6 Å². The van der Waals surface area contributed by atoms with Crippen LogP contribution in [0.25, 0.3) is 10.2 Å². The van der Waals surface area contributed by atoms with Crippen LogP contribution in [0.15, 0.2) is 9.95 Å². The number of H-pyrrole nitrogens is 1. The first-order chi connectivity index (χ1) is 6.09. The monoisotopic (exact) mass is 250 g/mol. The van der Waals surface area contributed by atoms with Crippen molar-refractivity contribution in [3.8, 4) is 0 Å². The second-order valence-electron chi connectivity index (χ2n) is 2.83. The van der Waals surface area contributed by atoms with Crippen molar-refractivity contribution in [2.75, 3.05) is 0 Å². The summed E-state index contributed by atoms with van der Waals surface area (Å²) in [6.45, 7) is 3.90. The molecule has 0 spiro atoms. The van der Waals surface area contributed by atoms with Gasteiger partial charge in [0.05, 0.1) is 5.39 Å². The van der Waals surface area contributed by atoms with Crippen LogP contribution in [0.1, 0.15) is 10.4 Å². The van der Waals surface area contributed by atoms with E-state index in [4.69, 9.17) is 12.6 Å². The van der Waals surface area contributed by atoms with Gasteiger partial charge >= 0.3 is 0 Å². The normalized spacial score (nSPS) is 10.1. The summed E-state index contributed by atoms with van der Waals surface area (Å²) < 4.78 is 0. The summed E-state index contributed by atoms with van der Waals surface area (Å²) in [7, 11) is 0. The number of rotatable bonds is 0. The first kappa shape index (κ1) is 12.8. The van der Waals surface area contributed by atoms with Gasteiger partial charge in [-0.1, -0.05) is 0 Å². The third-order valence-corrected chi connectivity index (χ3v) is 3.31. The van der Waals surface area contributed by atoms with Gasteiger partial charge in [0.2, 0.25) is 0 Å². The molecule has 0 aromatic carbocycles. The van der Waals surface area contributed by atoms with E-state index in [2.05, 4.69) is 9.97 Å². The third-order valence-electron chi connectivity index (χ3n) is 2.02. The summed E-state index contributed by atoms with van der Waals surface area (Å²) in [6, 6.07) is 0. The molecular weight excluding hydrogens is 243 g/mol. The molecule has 2 aromatic rings. The Morgan fingerprint density at radius 2 is 2.07 bits per heavy atom. The molecule has 0 saturated carbocycles. The summed E-state index contributed by atoms with van der Waals surface area (Å²) in [5.74, 6) is 0. The summed E-state index contributed by atoms with van der Waals surface area (Å²) in [6.07, 6.45) is 0. The van der Waals surface area contributed by atoms with Gasteiger partial charge in [0.1, 0.15) is 4.83 Å². The van der Waals surface area contributed by atoms with Crippen molar-refractivity contribution in [2.45, 2.75) is 19.0 Å².